The van der Waals surface area contributed by atoms with Crippen LogP contribution in [-0.2, 0) is 29.0 Å². The molecule has 1 aliphatic heterocycles. The summed E-state index contributed by atoms with van der Waals surface area (Å²) in [7, 11) is -3.37. The highest BCUT2D eigenvalue weighted by Gasteiger charge is 2.47. The molecule has 12 nitrogen and oxygen atoms in total. The Morgan fingerprint density at radius 1 is 0.881 bits per heavy atom. The highest BCUT2D eigenvalue weighted by molar-refractivity contribution is 7.90. The van der Waals surface area contributed by atoms with Gasteiger partial charge in [0.05, 0.1) is 17.8 Å². The topological polar surface area (TPSA) is 171 Å². The smallest absolute Gasteiger partial charge is 0.315 e. The third-order valence-corrected chi connectivity index (χ3v) is 10.4. The molecule has 0 bridgehead atoms. The molecule has 42 heavy (non-hydrogen) atoms. The van der Waals surface area contributed by atoms with E-state index >= 15 is 0 Å². The lowest BCUT2D eigenvalue weighted by atomic mass is 9.70. The maximum atomic E-state index is 14.2. The lowest BCUT2D eigenvalue weighted by molar-refractivity contribution is -0.143. The van der Waals surface area contributed by atoms with Crippen molar-refractivity contribution >= 4 is 39.4 Å². The van der Waals surface area contributed by atoms with Gasteiger partial charge in [-0.25, -0.2) is 13.2 Å². The van der Waals surface area contributed by atoms with Gasteiger partial charge >= 0.3 is 6.03 Å². The Morgan fingerprint density at radius 2 is 1.50 bits per heavy atom. The van der Waals surface area contributed by atoms with Crippen molar-refractivity contribution in [3.8, 4) is 0 Å². The fraction of sp³-hybridized carbons (Fsp3) is 0.828. The second kappa shape index (κ2) is 13.3. The van der Waals surface area contributed by atoms with E-state index in [2.05, 4.69) is 21.3 Å². The monoisotopic (exact) mass is 609 g/mol. The third-order valence-electron chi connectivity index (χ3n) is 9.37. The predicted molar refractivity (Wildman–Crippen MR) is 156 cm³/mol. The maximum Gasteiger partial charge on any atom is 0.315 e. The lowest BCUT2D eigenvalue weighted by Gasteiger charge is -2.43. The van der Waals surface area contributed by atoms with Crippen LogP contribution in [0.3, 0.4) is 0 Å². The first kappa shape index (κ1) is 32.2. The van der Waals surface area contributed by atoms with E-state index < -0.39 is 63.0 Å². The summed E-state index contributed by atoms with van der Waals surface area (Å²) < 4.78 is 24.5. The Labute approximate surface area is 248 Å². The van der Waals surface area contributed by atoms with Gasteiger partial charge in [-0.15, -0.1) is 0 Å². The first-order valence-corrected chi connectivity index (χ1v) is 17.6. The summed E-state index contributed by atoms with van der Waals surface area (Å²) in [5.41, 5.74) is -1.42. The van der Waals surface area contributed by atoms with E-state index in [0.717, 1.165) is 64.2 Å². The van der Waals surface area contributed by atoms with Crippen LogP contribution in [0.15, 0.2) is 0 Å². The molecular weight excluding hydrogens is 562 g/mol. The zero-order valence-corrected chi connectivity index (χ0v) is 25.8. The van der Waals surface area contributed by atoms with Crippen LogP contribution in [0.2, 0.25) is 0 Å². The number of hydrogen-bond acceptors (Lipinski definition) is 7. The molecule has 3 aliphatic carbocycles. The summed E-state index contributed by atoms with van der Waals surface area (Å²) in [5.74, 6) is -2.47. The predicted octanol–water partition coefficient (Wildman–Crippen LogP) is 1.33. The van der Waals surface area contributed by atoms with Crippen molar-refractivity contribution in [2.24, 2.45) is 5.41 Å². The summed E-state index contributed by atoms with van der Waals surface area (Å²) in [5, 5.41) is 11.0. The molecule has 4 N–H and O–H groups in total. The summed E-state index contributed by atoms with van der Waals surface area (Å²) >= 11 is 0. The van der Waals surface area contributed by atoms with E-state index in [1.165, 1.54) is 11.2 Å². The van der Waals surface area contributed by atoms with Crippen LogP contribution >= 0.6 is 0 Å². The molecule has 5 amide bonds. The Balaban J connectivity index is 1.46. The van der Waals surface area contributed by atoms with Crippen LogP contribution in [0, 0.1) is 5.41 Å². The molecule has 0 aromatic rings. The molecule has 2 atom stereocenters. The molecule has 4 fully saturated rings. The Morgan fingerprint density at radius 3 is 2.10 bits per heavy atom. The largest absolute Gasteiger partial charge is 0.347 e. The molecule has 1 heterocycles. The van der Waals surface area contributed by atoms with Gasteiger partial charge in [0.25, 0.3) is 5.91 Å². The van der Waals surface area contributed by atoms with E-state index in [4.69, 9.17) is 0 Å². The van der Waals surface area contributed by atoms with E-state index in [-0.39, 0.29) is 17.7 Å². The normalized spacial score (nSPS) is 24.2. The van der Waals surface area contributed by atoms with Crippen molar-refractivity contribution in [1.82, 2.24) is 26.2 Å². The number of carbonyl (C=O) groups is 5. The number of ketones is 1. The Kier molecular flexibility index (Phi) is 10.2. The molecular formula is C29H47N5O7S. The lowest BCUT2D eigenvalue weighted by Crippen LogP contribution is -2.63. The van der Waals surface area contributed by atoms with Crippen molar-refractivity contribution in [2.45, 2.75) is 120 Å². The minimum absolute atomic E-state index is 0.0299. The van der Waals surface area contributed by atoms with Gasteiger partial charge in [0.1, 0.15) is 21.9 Å². The minimum Gasteiger partial charge on any atom is -0.347 e. The van der Waals surface area contributed by atoms with Crippen LogP contribution in [0.25, 0.3) is 0 Å². The highest BCUT2D eigenvalue weighted by Crippen LogP contribution is 2.40. The van der Waals surface area contributed by atoms with Gasteiger partial charge in [0.2, 0.25) is 17.6 Å². The zero-order valence-electron chi connectivity index (χ0n) is 25.0. The van der Waals surface area contributed by atoms with Crippen LogP contribution in [0.1, 0.15) is 96.8 Å². The average molecular weight is 610 g/mol. The number of rotatable bonds is 11. The maximum absolute atomic E-state index is 14.2. The van der Waals surface area contributed by atoms with Gasteiger partial charge in [-0.05, 0) is 56.8 Å². The van der Waals surface area contributed by atoms with Gasteiger partial charge in [0, 0.05) is 18.8 Å². The van der Waals surface area contributed by atoms with Crippen molar-refractivity contribution in [2.75, 3.05) is 25.1 Å². The summed E-state index contributed by atoms with van der Waals surface area (Å²) in [4.78, 5) is 66.5. The molecule has 4 rings (SSSR count). The molecule has 0 unspecified atom stereocenters. The summed E-state index contributed by atoms with van der Waals surface area (Å²) in [6, 6.07) is -2.26. The number of hydrogen-bond donors (Lipinski definition) is 4. The van der Waals surface area contributed by atoms with Gasteiger partial charge in [0.15, 0.2) is 0 Å². The molecule has 236 valence electrons. The number of sulfone groups is 1. The molecule has 1 saturated heterocycles. The molecule has 0 aromatic carbocycles. The van der Waals surface area contributed by atoms with Crippen molar-refractivity contribution in [3.63, 3.8) is 0 Å². The van der Waals surface area contributed by atoms with Crippen molar-refractivity contribution in [1.29, 1.82) is 0 Å². The third kappa shape index (κ3) is 8.44. The molecule has 0 aromatic heterocycles. The minimum atomic E-state index is -3.37. The molecule has 0 radical (unpaired) electrons. The van der Waals surface area contributed by atoms with E-state index in [1.807, 2.05) is 6.92 Å². The Hall–Kier alpha value is -2.70. The van der Waals surface area contributed by atoms with Crippen LogP contribution in [-0.4, -0.2) is 91.6 Å². The second-order valence-corrected chi connectivity index (χ2v) is 15.4. The van der Waals surface area contributed by atoms with Gasteiger partial charge in [-0.3, -0.25) is 19.2 Å². The number of nitrogens with one attached hydrogen (secondary N) is 4. The number of nitrogens with zero attached hydrogens (tertiary/aromatic N) is 1. The van der Waals surface area contributed by atoms with Crippen LogP contribution in [0.4, 0.5) is 4.79 Å². The summed E-state index contributed by atoms with van der Waals surface area (Å²) in [6.45, 7) is 1.88. The van der Waals surface area contributed by atoms with E-state index in [1.54, 1.807) is 0 Å². The second-order valence-electron chi connectivity index (χ2n) is 13.2. The first-order valence-electron chi connectivity index (χ1n) is 15.5. The first-order chi connectivity index (χ1) is 19.8. The van der Waals surface area contributed by atoms with Crippen LogP contribution < -0.4 is 21.3 Å². The molecule has 0 spiro atoms. The molecule has 13 heteroatoms. The van der Waals surface area contributed by atoms with Gasteiger partial charge in [-0.1, -0.05) is 45.4 Å². The fourth-order valence-corrected chi connectivity index (χ4v) is 8.32. The quantitative estimate of drug-likeness (QED) is 0.256. The number of urea groups is 1. The molecule has 4 aliphatic rings. The molecule has 3 saturated carbocycles. The van der Waals surface area contributed by atoms with Gasteiger partial charge in [-0.2, -0.15) is 0 Å². The Bertz CT molecular complexity index is 1160. The fourth-order valence-electron chi connectivity index (χ4n) is 6.95. The van der Waals surface area contributed by atoms with Crippen LogP contribution in [0.5, 0.6) is 0 Å². The van der Waals surface area contributed by atoms with Crippen molar-refractivity contribution < 1.29 is 32.4 Å². The summed E-state index contributed by atoms with van der Waals surface area (Å²) in [6.07, 6.45) is 11.9. The standard InChI is InChI=1S/C29H47N5O7S/c1-28(13-5-3-6-14-28)23(32-27(39)33-29(19-42(2,40)41)15-7-4-8-16-29)26(38)34-17-9-10-21(34)24(36)30-18-22(35)25(37)31-20-11-12-20/h20-21,23H,3-19H2,1-2H3,(H,30,36)(H,31,37)(H2,32,33,39)/t21-,23+/m0/s1. The number of Topliss-reactive ketones (excluding diaryl/α,β-unsaturated/α-hetero) is 1. The highest BCUT2D eigenvalue weighted by atomic mass is 32.2. The zero-order chi connectivity index (χ0) is 30.5. The number of amides is 5. The average Bonchev–Trinajstić information content (AvgIpc) is 3.60. The SMILES string of the molecule is CC1([C@H](NC(=O)NC2(CS(C)(=O)=O)CCCCC2)C(=O)N2CCC[C@H]2C(=O)NCC(=O)C(=O)NC2CC2)CCCCC1. The number of likely N-dealkylation sites (tertiary alicyclic amines) is 1. The number of carbonyl (C=O) groups excluding carboxylic acids is 5. The van der Waals surface area contributed by atoms with Crippen molar-refractivity contribution in [3.05, 3.63) is 0 Å². The van der Waals surface area contributed by atoms with E-state index in [0.29, 0.717) is 32.2 Å². The van der Waals surface area contributed by atoms with Gasteiger partial charge < -0.3 is 26.2 Å². The van der Waals surface area contributed by atoms with E-state index in [9.17, 15) is 32.4 Å².